The minimum Gasteiger partial charge on any atom is -0.426 e. The van der Waals surface area contributed by atoms with Crippen LogP contribution in [0.4, 0.5) is 0 Å². The first kappa shape index (κ1) is 36.1. The fourth-order valence-corrected chi connectivity index (χ4v) is 11.1. The molecule has 2 aromatic carbocycles. The third-order valence-corrected chi connectivity index (χ3v) is 14.7. The van der Waals surface area contributed by atoms with Crippen molar-refractivity contribution in [2.75, 3.05) is 0 Å². The minimum atomic E-state index is -0.179. The Hall–Kier alpha value is -3.24. The normalized spacial score (nSPS) is 30.0. The molecule has 4 aliphatic carbocycles. The van der Waals surface area contributed by atoms with Gasteiger partial charge in [0.2, 0.25) is 0 Å². The molecule has 0 aliphatic heterocycles. The van der Waals surface area contributed by atoms with Gasteiger partial charge in [0.25, 0.3) is 0 Å². The minimum absolute atomic E-state index is 0.0853. The van der Waals surface area contributed by atoms with Crippen LogP contribution in [0, 0.1) is 58.7 Å². The smallest absolute Gasteiger partial charge is 0.314 e. The van der Waals surface area contributed by atoms with Crippen molar-refractivity contribution < 1.29 is 19.1 Å². The zero-order chi connectivity index (χ0) is 35.3. The Morgan fingerprint density at radius 3 is 1.71 bits per heavy atom. The summed E-state index contributed by atoms with van der Waals surface area (Å²) in [5.74, 6) is 5.27. The Morgan fingerprint density at radius 1 is 0.686 bits per heavy atom. The number of aromatic nitrogens is 1. The second kappa shape index (κ2) is 16.6. The van der Waals surface area contributed by atoms with E-state index in [1.54, 1.807) is 18.2 Å². The van der Waals surface area contributed by atoms with Crippen LogP contribution in [0.3, 0.4) is 0 Å². The molecule has 0 saturated heterocycles. The second-order valence-electron chi connectivity index (χ2n) is 16.4. The molecular formula is C44H56N2O4S. The van der Waals surface area contributed by atoms with Crippen molar-refractivity contribution in [1.29, 1.82) is 5.26 Å². The van der Waals surface area contributed by atoms with E-state index in [1.807, 2.05) is 18.2 Å². The lowest BCUT2D eigenvalue weighted by molar-refractivity contribution is -0.141. The first-order chi connectivity index (χ1) is 24.9. The van der Waals surface area contributed by atoms with Crippen molar-refractivity contribution >= 4 is 33.5 Å². The van der Waals surface area contributed by atoms with Gasteiger partial charge in [-0.05, 0) is 149 Å². The molecule has 1 heterocycles. The van der Waals surface area contributed by atoms with Crippen molar-refractivity contribution in [2.24, 2.45) is 47.3 Å². The predicted octanol–water partition coefficient (Wildman–Crippen LogP) is 11.7. The van der Waals surface area contributed by atoms with Gasteiger partial charge in [0.05, 0.1) is 39.2 Å². The molecule has 51 heavy (non-hydrogen) atoms. The Bertz CT molecular complexity index is 1690. The highest BCUT2D eigenvalue weighted by Crippen LogP contribution is 2.45. The summed E-state index contributed by atoms with van der Waals surface area (Å²) in [6.45, 7) is 4.64. The summed E-state index contributed by atoms with van der Waals surface area (Å²) in [6.07, 6.45) is 21.4. The largest absolute Gasteiger partial charge is 0.426 e. The van der Waals surface area contributed by atoms with E-state index >= 15 is 0 Å². The average molecular weight is 709 g/mol. The van der Waals surface area contributed by atoms with Crippen LogP contribution in [-0.4, -0.2) is 16.9 Å². The molecular weight excluding hydrogens is 653 g/mol. The van der Waals surface area contributed by atoms with E-state index in [-0.39, 0.29) is 23.8 Å². The highest BCUT2D eigenvalue weighted by molar-refractivity contribution is 7.21. The van der Waals surface area contributed by atoms with Gasteiger partial charge in [-0.3, -0.25) is 9.59 Å². The molecule has 7 heteroatoms. The summed E-state index contributed by atoms with van der Waals surface area (Å²) in [5, 5.41) is 10.1. The highest BCUT2D eigenvalue weighted by Gasteiger charge is 2.35. The summed E-state index contributed by atoms with van der Waals surface area (Å²) in [6, 6.07) is 13.0. The summed E-state index contributed by atoms with van der Waals surface area (Å²) >= 11 is 1.45. The third-order valence-electron chi connectivity index (χ3n) is 13.6. The zero-order valence-electron chi connectivity index (χ0n) is 30.7. The van der Waals surface area contributed by atoms with Crippen LogP contribution >= 0.6 is 11.3 Å². The van der Waals surface area contributed by atoms with Crippen LogP contribution in [0.2, 0.25) is 0 Å². The lowest BCUT2D eigenvalue weighted by atomic mass is 9.69. The molecule has 7 rings (SSSR count). The molecule has 0 unspecified atom stereocenters. The number of carbonyl (C=O) groups is 2. The number of nitriles is 1. The molecule has 272 valence electrons. The van der Waals surface area contributed by atoms with Crippen molar-refractivity contribution in [1.82, 2.24) is 4.98 Å². The molecule has 6 nitrogen and oxygen atoms in total. The lowest BCUT2D eigenvalue weighted by Gasteiger charge is -2.37. The van der Waals surface area contributed by atoms with Gasteiger partial charge in [0, 0.05) is 0 Å². The maximum atomic E-state index is 13.7. The van der Waals surface area contributed by atoms with E-state index in [1.165, 1.54) is 75.5 Å². The Labute approximate surface area is 308 Å². The van der Waals surface area contributed by atoms with Crippen LogP contribution < -0.4 is 9.47 Å². The number of carbonyl (C=O) groups excluding carboxylic acids is 2. The number of hydrogen-bond donors (Lipinski definition) is 0. The number of hydrogen-bond acceptors (Lipinski definition) is 7. The van der Waals surface area contributed by atoms with Crippen LogP contribution in [0.15, 0.2) is 36.4 Å². The molecule has 4 aliphatic rings. The quantitative estimate of drug-likeness (QED) is 0.162. The van der Waals surface area contributed by atoms with Gasteiger partial charge in [-0.15, -0.1) is 11.3 Å². The maximum absolute atomic E-state index is 13.7. The van der Waals surface area contributed by atoms with Gasteiger partial charge >= 0.3 is 11.9 Å². The molecule has 0 atom stereocenters. The van der Waals surface area contributed by atoms with Crippen LogP contribution in [0.25, 0.3) is 20.8 Å². The fraction of sp³-hybridized carbons (Fsp3) is 0.636. The monoisotopic (exact) mass is 708 g/mol. The Balaban J connectivity index is 1.02. The molecule has 4 fully saturated rings. The standard InChI is InChI=1S/C44H56N2O4S/c1-3-28-5-10-31(11-6-28)33-14-18-35(19-15-33)43(47)49-37-22-24-40(38(26-37)42-46-39-23-9-30(27-45)25-41(39)51-42)50-44(48)36-20-16-34(17-21-36)32-12-7-29(4-2)8-13-32/h9,22-26,28-29,31-36H,3-8,10-21H2,1-2H3. The number of benzene rings is 2. The number of fused-ring (bicyclic) bond motifs is 1. The van der Waals surface area contributed by atoms with Crippen molar-refractivity contribution in [3.63, 3.8) is 0 Å². The maximum Gasteiger partial charge on any atom is 0.314 e. The fourth-order valence-electron chi connectivity index (χ4n) is 10.1. The van der Waals surface area contributed by atoms with Gasteiger partial charge in [-0.1, -0.05) is 52.4 Å². The van der Waals surface area contributed by atoms with E-state index < -0.39 is 0 Å². The van der Waals surface area contributed by atoms with E-state index in [0.29, 0.717) is 27.6 Å². The molecule has 0 radical (unpaired) electrons. The van der Waals surface area contributed by atoms with Crippen LogP contribution in [0.5, 0.6) is 11.5 Å². The first-order valence-electron chi connectivity index (χ1n) is 20.3. The van der Waals surface area contributed by atoms with Gasteiger partial charge in [-0.25, -0.2) is 4.98 Å². The van der Waals surface area contributed by atoms with Crippen LogP contribution in [0.1, 0.15) is 135 Å². The van der Waals surface area contributed by atoms with Crippen molar-refractivity contribution in [3.05, 3.63) is 42.0 Å². The molecule has 0 spiro atoms. The van der Waals surface area contributed by atoms with Crippen molar-refractivity contribution in [3.8, 4) is 28.1 Å². The lowest BCUT2D eigenvalue weighted by Crippen LogP contribution is -2.30. The summed E-state index contributed by atoms with van der Waals surface area (Å²) < 4.78 is 13.1. The van der Waals surface area contributed by atoms with E-state index in [4.69, 9.17) is 14.5 Å². The van der Waals surface area contributed by atoms with Gasteiger partial charge in [-0.2, -0.15) is 5.26 Å². The topological polar surface area (TPSA) is 89.3 Å². The molecule has 0 N–H and O–H groups in total. The summed E-state index contributed by atoms with van der Waals surface area (Å²) in [7, 11) is 0. The summed E-state index contributed by atoms with van der Waals surface area (Å²) in [4.78, 5) is 32.0. The summed E-state index contributed by atoms with van der Waals surface area (Å²) in [5.41, 5.74) is 1.99. The van der Waals surface area contributed by atoms with Gasteiger partial charge in [0.1, 0.15) is 16.5 Å². The number of ether oxygens (including phenoxy) is 2. The predicted molar refractivity (Wildman–Crippen MR) is 203 cm³/mol. The first-order valence-corrected chi connectivity index (χ1v) is 21.1. The van der Waals surface area contributed by atoms with Crippen LogP contribution in [-0.2, 0) is 9.59 Å². The molecule has 3 aromatic rings. The highest BCUT2D eigenvalue weighted by atomic mass is 32.1. The number of rotatable bonds is 9. The number of thiazole rings is 1. The number of esters is 2. The third kappa shape index (κ3) is 8.54. The van der Waals surface area contributed by atoms with Gasteiger partial charge < -0.3 is 9.47 Å². The SMILES string of the molecule is CCC1CCC(C2CCC(C(=O)Oc3ccc(OC(=O)C4CCC(C5CCC(CC)CC5)CC4)c(-c4nc5ccc(C#N)cc5s4)c3)CC2)CC1. The Morgan fingerprint density at radius 2 is 1.20 bits per heavy atom. The second-order valence-corrected chi connectivity index (χ2v) is 17.4. The van der Waals surface area contributed by atoms with E-state index in [9.17, 15) is 14.9 Å². The van der Waals surface area contributed by atoms with Crippen molar-refractivity contribution in [2.45, 2.75) is 129 Å². The molecule has 0 bridgehead atoms. The Kier molecular flexibility index (Phi) is 11.8. The van der Waals surface area contributed by atoms with E-state index in [2.05, 4.69) is 19.9 Å². The van der Waals surface area contributed by atoms with Gasteiger partial charge in [0.15, 0.2) is 0 Å². The number of nitrogens with zero attached hydrogens (tertiary/aromatic N) is 2. The van der Waals surface area contributed by atoms with E-state index in [0.717, 1.165) is 97.1 Å². The molecule has 0 amide bonds. The average Bonchev–Trinajstić information content (AvgIpc) is 3.62. The zero-order valence-corrected chi connectivity index (χ0v) is 31.6. The molecule has 1 aromatic heterocycles. The molecule has 4 saturated carbocycles.